The van der Waals surface area contributed by atoms with Crippen molar-refractivity contribution in [1.29, 1.82) is 0 Å². The van der Waals surface area contributed by atoms with Crippen molar-refractivity contribution in [3.8, 4) is 0 Å². The van der Waals surface area contributed by atoms with Crippen LogP contribution in [0.3, 0.4) is 0 Å². The Hall–Kier alpha value is -2.15. The highest BCUT2D eigenvalue weighted by atomic mass is 16.2. The van der Waals surface area contributed by atoms with Crippen molar-refractivity contribution < 1.29 is 9.59 Å². The lowest BCUT2D eigenvalue weighted by Crippen LogP contribution is -2.66. The number of aromatic amines is 1. The summed E-state index contributed by atoms with van der Waals surface area (Å²) < 4.78 is 0. The van der Waals surface area contributed by atoms with Crippen LogP contribution in [0.1, 0.15) is 55.4 Å². The summed E-state index contributed by atoms with van der Waals surface area (Å²) in [6, 6.07) is 1.61. The maximum atomic E-state index is 13.4. The number of piperidine rings is 2. The van der Waals surface area contributed by atoms with Crippen LogP contribution in [0.5, 0.6) is 0 Å². The molecule has 2 atom stereocenters. The molecule has 1 aromatic heterocycles. The van der Waals surface area contributed by atoms with Crippen LogP contribution in [-0.4, -0.2) is 71.1 Å². The molecule has 28 heavy (non-hydrogen) atoms. The van der Waals surface area contributed by atoms with Gasteiger partial charge in [-0.05, 0) is 64.6 Å². The molecule has 0 unspecified atom stereocenters. The number of likely N-dealkylation sites (tertiary alicyclic amines) is 2. The Morgan fingerprint density at radius 3 is 2.93 bits per heavy atom. The summed E-state index contributed by atoms with van der Waals surface area (Å²) in [4.78, 5) is 30.7. The summed E-state index contributed by atoms with van der Waals surface area (Å²) in [6.07, 6.45) is 11.1. The van der Waals surface area contributed by atoms with Gasteiger partial charge in [0.2, 0.25) is 5.91 Å². The first-order valence-corrected chi connectivity index (χ1v) is 10.6. The predicted octanol–water partition coefficient (Wildman–Crippen LogP) is 1.95. The van der Waals surface area contributed by atoms with Gasteiger partial charge in [-0.2, -0.15) is 5.10 Å². The second-order valence-corrected chi connectivity index (χ2v) is 8.55. The third-order valence-electron chi connectivity index (χ3n) is 6.77. The zero-order valence-electron chi connectivity index (χ0n) is 16.7. The topological polar surface area (TPSA) is 81.3 Å². The molecule has 1 aromatic rings. The molecule has 0 radical (unpaired) electrons. The van der Waals surface area contributed by atoms with Gasteiger partial charge in [0.15, 0.2) is 0 Å². The third kappa shape index (κ3) is 3.60. The third-order valence-corrected chi connectivity index (χ3v) is 6.77. The molecule has 0 bridgehead atoms. The van der Waals surface area contributed by atoms with Crippen LogP contribution in [-0.2, 0) is 4.79 Å². The number of amides is 2. The Morgan fingerprint density at radius 1 is 1.29 bits per heavy atom. The maximum Gasteiger partial charge on any atom is 0.272 e. The summed E-state index contributed by atoms with van der Waals surface area (Å²) in [5.41, 5.74) is 1.36. The van der Waals surface area contributed by atoms with E-state index < -0.39 is 5.41 Å². The number of hydrogen-bond acceptors (Lipinski definition) is 4. The fraction of sp³-hybridized carbons (Fsp3) is 0.667. The van der Waals surface area contributed by atoms with E-state index in [9.17, 15) is 9.59 Å². The highest BCUT2D eigenvalue weighted by molar-refractivity contribution is 5.94. The van der Waals surface area contributed by atoms with E-state index in [-0.39, 0.29) is 17.9 Å². The van der Waals surface area contributed by atoms with Crippen molar-refractivity contribution in [3.05, 3.63) is 29.6 Å². The van der Waals surface area contributed by atoms with Gasteiger partial charge in [-0.15, -0.1) is 0 Å². The number of nitrogens with one attached hydrogen (secondary N) is 2. The summed E-state index contributed by atoms with van der Waals surface area (Å²) in [6.45, 7) is 2.96. The van der Waals surface area contributed by atoms with E-state index in [2.05, 4.69) is 33.5 Å². The van der Waals surface area contributed by atoms with E-state index in [1.807, 2.05) is 4.90 Å². The molecule has 2 amide bonds. The van der Waals surface area contributed by atoms with Crippen LogP contribution >= 0.6 is 0 Å². The predicted molar refractivity (Wildman–Crippen MR) is 107 cm³/mol. The molecule has 2 N–H and O–H groups in total. The van der Waals surface area contributed by atoms with Crippen molar-refractivity contribution in [1.82, 2.24) is 25.3 Å². The number of nitrogens with zero attached hydrogens (tertiary/aromatic N) is 3. The number of allylic oxidation sites excluding steroid dienone is 1. The van der Waals surface area contributed by atoms with E-state index in [1.54, 1.807) is 12.3 Å². The fourth-order valence-electron chi connectivity index (χ4n) is 5.11. The molecular formula is C21H31N5O2. The number of carbonyl (C=O) groups excluding carboxylic acids is 2. The summed E-state index contributed by atoms with van der Waals surface area (Å²) in [7, 11) is 2.07. The Balaban J connectivity index is 1.54. The molecule has 7 nitrogen and oxygen atoms in total. The number of aromatic nitrogens is 2. The zero-order chi connectivity index (χ0) is 19.6. The minimum absolute atomic E-state index is 0.0512. The van der Waals surface area contributed by atoms with Crippen molar-refractivity contribution in [2.75, 3.05) is 33.2 Å². The molecule has 4 rings (SSSR count). The van der Waals surface area contributed by atoms with Gasteiger partial charge in [0, 0.05) is 25.8 Å². The Kier molecular flexibility index (Phi) is 5.53. The smallest absolute Gasteiger partial charge is 0.272 e. The molecular weight excluding hydrogens is 354 g/mol. The first-order chi connectivity index (χ1) is 13.6. The van der Waals surface area contributed by atoms with Crippen molar-refractivity contribution in [3.63, 3.8) is 0 Å². The van der Waals surface area contributed by atoms with Gasteiger partial charge in [-0.25, -0.2) is 0 Å². The van der Waals surface area contributed by atoms with Gasteiger partial charge in [-0.1, -0.05) is 11.6 Å². The standard InChI is InChI=1S/C21H31N5O2/c1-25-13-10-21(20(28)22-14-16-6-3-2-4-7-16)9-5-12-26(18(21)15-25)19(27)17-8-11-23-24-17/h6,8,11,18H,2-5,7,9-10,12-15H2,1H3,(H,22,28)(H,23,24)/t18-,21+/m0/s1. The molecule has 7 heteroatoms. The van der Waals surface area contributed by atoms with Crippen LogP contribution in [0.4, 0.5) is 0 Å². The molecule has 0 aromatic carbocycles. The van der Waals surface area contributed by atoms with E-state index in [4.69, 9.17) is 0 Å². The second kappa shape index (κ2) is 8.07. The Labute approximate surface area is 166 Å². The molecule has 0 spiro atoms. The van der Waals surface area contributed by atoms with Gasteiger partial charge in [0.25, 0.3) is 5.91 Å². The van der Waals surface area contributed by atoms with Crippen LogP contribution in [0.15, 0.2) is 23.9 Å². The van der Waals surface area contributed by atoms with Crippen LogP contribution < -0.4 is 5.32 Å². The largest absolute Gasteiger partial charge is 0.352 e. The molecule has 3 heterocycles. The molecule has 2 saturated heterocycles. The average molecular weight is 386 g/mol. The number of likely N-dealkylation sites (N-methyl/N-ethyl adjacent to an activating group) is 1. The fourth-order valence-corrected chi connectivity index (χ4v) is 5.11. The number of H-pyrrole nitrogens is 1. The van der Waals surface area contributed by atoms with Gasteiger partial charge < -0.3 is 15.1 Å². The van der Waals surface area contributed by atoms with Crippen LogP contribution in [0.25, 0.3) is 0 Å². The zero-order valence-corrected chi connectivity index (χ0v) is 16.7. The summed E-state index contributed by atoms with van der Waals surface area (Å²) in [5, 5.41) is 9.95. The lowest BCUT2D eigenvalue weighted by atomic mass is 9.67. The first kappa shape index (κ1) is 19.2. The molecule has 2 fully saturated rings. The number of carbonyl (C=O) groups is 2. The van der Waals surface area contributed by atoms with Crippen molar-refractivity contribution >= 4 is 11.8 Å². The van der Waals surface area contributed by atoms with Crippen LogP contribution in [0, 0.1) is 5.41 Å². The molecule has 0 saturated carbocycles. The average Bonchev–Trinajstić information content (AvgIpc) is 3.26. The summed E-state index contributed by atoms with van der Waals surface area (Å²) >= 11 is 0. The SMILES string of the molecule is CN1CC[C@]2(C(=O)NCC3=CCCCC3)CCCN(C(=O)c3ccn[nH]3)[C@H]2C1. The monoisotopic (exact) mass is 385 g/mol. The highest BCUT2D eigenvalue weighted by Gasteiger charge is 2.53. The molecule has 3 aliphatic rings. The molecule has 152 valence electrons. The normalized spacial score (nSPS) is 28.4. The van der Waals surface area contributed by atoms with Crippen molar-refractivity contribution in [2.45, 2.75) is 51.0 Å². The minimum Gasteiger partial charge on any atom is -0.352 e. The number of rotatable bonds is 4. The van der Waals surface area contributed by atoms with E-state index >= 15 is 0 Å². The number of hydrogen-bond donors (Lipinski definition) is 2. The molecule has 1 aliphatic carbocycles. The van der Waals surface area contributed by atoms with Crippen LogP contribution in [0.2, 0.25) is 0 Å². The minimum atomic E-state index is -0.490. The summed E-state index contributed by atoms with van der Waals surface area (Å²) in [5.74, 6) is 0.0730. The maximum absolute atomic E-state index is 13.4. The first-order valence-electron chi connectivity index (χ1n) is 10.6. The van der Waals surface area contributed by atoms with Gasteiger partial charge in [-0.3, -0.25) is 14.7 Å². The Bertz CT molecular complexity index is 744. The van der Waals surface area contributed by atoms with Gasteiger partial charge in [0.1, 0.15) is 5.69 Å². The van der Waals surface area contributed by atoms with Gasteiger partial charge in [0.05, 0.1) is 11.5 Å². The second-order valence-electron chi connectivity index (χ2n) is 8.55. The van der Waals surface area contributed by atoms with E-state index in [0.29, 0.717) is 18.8 Å². The van der Waals surface area contributed by atoms with E-state index in [0.717, 1.165) is 45.2 Å². The van der Waals surface area contributed by atoms with E-state index in [1.165, 1.54) is 18.4 Å². The number of fused-ring (bicyclic) bond motifs is 1. The molecule has 2 aliphatic heterocycles. The highest BCUT2D eigenvalue weighted by Crippen LogP contribution is 2.43. The lowest BCUT2D eigenvalue weighted by Gasteiger charge is -2.53. The Morgan fingerprint density at radius 2 is 2.18 bits per heavy atom. The van der Waals surface area contributed by atoms with Gasteiger partial charge >= 0.3 is 0 Å². The lowest BCUT2D eigenvalue weighted by molar-refractivity contribution is -0.142. The van der Waals surface area contributed by atoms with Crippen molar-refractivity contribution in [2.24, 2.45) is 5.41 Å². The quantitative estimate of drug-likeness (QED) is 0.777.